The molecule has 152 valence electrons. The minimum Gasteiger partial charge on any atom is -0.385 e. The predicted octanol–water partition coefficient (Wildman–Crippen LogP) is 2.58. The summed E-state index contributed by atoms with van der Waals surface area (Å²) in [5.74, 6) is 1.42. The van der Waals surface area contributed by atoms with Crippen LogP contribution in [0, 0.1) is 5.92 Å². The lowest BCUT2D eigenvalue weighted by molar-refractivity contribution is 0.0266. The van der Waals surface area contributed by atoms with Crippen molar-refractivity contribution in [3.63, 3.8) is 0 Å². The van der Waals surface area contributed by atoms with E-state index in [1.807, 2.05) is 6.92 Å². The maximum Gasteiger partial charge on any atom is 0.191 e. The van der Waals surface area contributed by atoms with Crippen LogP contribution in [-0.4, -0.2) is 77.1 Å². The Hall–Kier alpha value is -0.120. The van der Waals surface area contributed by atoms with Gasteiger partial charge in [0.1, 0.15) is 0 Å². The van der Waals surface area contributed by atoms with Gasteiger partial charge in [-0.3, -0.25) is 4.99 Å². The molecule has 1 unspecified atom stereocenters. The average molecular weight is 472 g/mol. The van der Waals surface area contributed by atoms with E-state index < -0.39 is 0 Å². The van der Waals surface area contributed by atoms with Crippen LogP contribution in [0.2, 0.25) is 0 Å². The highest BCUT2D eigenvalue weighted by Crippen LogP contribution is 2.10. The van der Waals surface area contributed by atoms with Crippen molar-refractivity contribution in [2.24, 2.45) is 10.9 Å². The molecule has 0 aliphatic rings. The Morgan fingerprint density at radius 2 is 1.88 bits per heavy atom. The molecule has 0 saturated carbocycles. The Kier molecular flexibility index (Phi) is 20.2. The SMILES string of the molecule is CCNC(=NCCC(OCC)C(C)C)NCCN(C)CCCOC.I. The smallest absolute Gasteiger partial charge is 0.191 e. The van der Waals surface area contributed by atoms with E-state index in [4.69, 9.17) is 9.47 Å². The summed E-state index contributed by atoms with van der Waals surface area (Å²) in [5.41, 5.74) is 0. The second-order valence-electron chi connectivity index (χ2n) is 6.36. The lowest BCUT2D eigenvalue weighted by Crippen LogP contribution is -2.41. The van der Waals surface area contributed by atoms with E-state index in [1.165, 1.54) is 0 Å². The van der Waals surface area contributed by atoms with Gasteiger partial charge in [-0.15, -0.1) is 24.0 Å². The number of aliphatic imine (C=N–C) groups is 1. The van der Waals surface area contributed by atoms with E-state index in [-0.39, 0.29) is 30.1 Å². The number of likely N-dealkylation sites (N-methyl/N-ethyl adjacent to an activating group) is 1. The van der Waals surface area contributed by atoms with Gasteiger partial charge in [-0.05, 0) is 39.7 Å². The summed E-state index contributed by atoms with van der Waals surface area (Å²) < 4.78 is 10.9. The van der Waals surface area contributed by atoms with Gasteiger partial charge in [0, 0.05) is 53.0 Å². The molecule has 0 spiro atoms. The van der Waals surface area contributed by atoms with Crippen LogP contribution in [0.25, 0.3) is 0 Å². The summed E-state index contributed by atoms with van der Waals surface area (Å²) in [7, 11) is 3.88. The van der Waals surface area contributed by atoms with E-state index in [0.717, 1.165) is 64.7 Å². The van der Waals surface area contributed by atoms with E-state index in [1.54, 1.807) is 7.11 Å². The van der Waals surface area contributed by atoms with Crippen molar-refractivity contribution >= 4 is 29.9 Å². The monoisotopic (exact) mass is 472 g/mol. The molecule has 2 N–H and O–H groups in total. The van der Waals surface area contributed by atoms with Crippen molar-refractivity contribution in [2.45, 2.75) is 46.6 Å². The Labute approximate surface area is 172 Å². The molecule has 0 aromatic carbocycles. The molecular formula is C18H41IN4O2. The molecule has 0 bridgehead atoms. The van der Waals surface area contributed by atoms with Crippen LogP contribution < -0.4 is 10.6 Å². The summed E-state index contributed by atoms with van der Waals surface area (Å²) in [4.78, 5) is 6.97. The van der Waals surface area contributed by atoms with Crippen molar-refractivity contribution < 1.29 is 9.47 Å². The number of ether oxygens (including phenoxy) is 2. The molecule has 0 aromatic rings. The molecule has 25 heavy (non-hydrogen) atoms. The number of hydrogen-bond acceptors (Lipinski definition) is 4. The van der Waals surface area contributed by atoms with E-state index >= 15 is 0 Å². The van der Waals surface area contributed by atoms with Crippen LogP contribution in [-0.2, 0) is 9.47 Å². The highest BCUT2D eigenvalue weighted by Gasteiger charge is 2.12. The van der Waals surface area contributed by atoms with Crippen molar-refractivity contribution in [2.75, 3.05) is 60.1 Å². The minimum atomic E-state index is 0. The molecule has 0 aromatic heterocycles. The first kappa shape index (κ1) is 27.1. The fraction of sp³-hybridized carbons (Fsp3) is 0.944. The number of nitrogens with one attached hydrogen (secondary N) is 2. The zero-order valence-electron chi connectivity index (χ0n) is 17.1. The average Bonchev–Trinajstić information content (AvgIpc) is 2.54. The quantitative estimate of drug-likeness (QED) is 0.176. The summed E-state index contributed by atoms with van der Waals surface area (Å²) in [6, 6.07) is 0. The van der Waals surface area contributed by atoms with Gasteiger partial charge in [0.05, 0.1) is 6.10 Å². The molecule has 0 fully saturated rings. The highest BCUT2D eigenvalue weighted by atomic mass is 127. The van der Waals surface area contributed by atoms with Gasteiger partial charge in [-0.25, -0.2) is 0 Å². The second kappa shape index (κ2) is 18.7. The zero-order chi connectivity index (χ0) is 18.2. The van der Waals surface area contributed by atoms with Crippen LogP contribution in [0.15, 0.2) is 4.99 Å². The second-order valence-corrected chi connectivity index (χ2v) is 6.36. The van der Waals surface area contributed by atoms with Gasteiger partial charge in [-0.2, -0.15) is 0 Å². The minimum absolute atomic E-state index is 0. The number of guanidine groups is 1. The van der Waals surface area contributed by atoms with Crippen LogP contribution in [0.3, 0.4) is 0 Å². The third-order valence-electron chi connectivity index (χ3n) is 3.83. The molecule has 0 aliphatic heterocycles. The van der Waals surface area contributed by atoms with Crippen LogP contribution in [0.5, 0.6) is 0 Å². The number of rotatable bonds is 14. The molecule has 0 aliphatic carbocycles. The first-order valence-electron chi connectivity index (χ1n) is 9.36. The first-order chi connectivity index (χ1) is 11.5. The molecule has 0 saturated heterocycles. The molecule has 7 heteroatoms. The maximum atomic E-state index is 5.78. The molecular weight excluding hydrogens is 431 g/mol. The van der Waals surface area contributed by atoms with Gasteiger partial charge >= 0.3 is 0 Å². The van der Waals surface area contributed by atoms with Crippen LogP contribution >= 0.6 is 24.0 Å². The predicted molar refractivity (Wildman–Crippen MR) is 118 cm³/mol. The van der Waals surface area contributed by atoms with Gasteiger partial charge in [0.2, 0.25) is 0 Å². The molecule has 6 nitrogen and oxygen atoms in total. The van der Waals surface area contributed by atoms with Crippen molar-refractivity contribution in [1.82, 2.24) is 15.5 Å². The summed E-state index contributed by atoms with van der Waals surface area (Å²) in [6.07, 6.45) is 2.31. The lowest BCUT2D eigenvalue weighted by atomic mass is 10.0. The van der Waals surface area contributed by atoms with Gasteiger partial charge in [-0.1, -0.05) is 13.8 Å². The molecule has 0 rings (SSSR count). The highest BCUT2D eigenvalue weighted by molar-refractivity contribution is 14.0. The third-order valence-corrected chi connectivity index (χ3v) is 3.83. The molecule has 0 amide bonds. The van der Waals surface area contributed by atoms with E-state index in [0.29, 0.717) is 5.92 Å². The molecule has 0 radical (unpaired) electrons. The number of nitrogens with zero attached hydrogens (tertiary/aromatic N) is 2. The lowest BCUT2D eigenvalue weighted by Gasteiger charge is -2.20. The van der Waals surface area contributed by atoms with Crippen LogP contribution in [0.4, 0.5) is 0 Å². The number of hydrogen-bond donors (Lipinski definition) is 2. The topological polar surface area (TPSA) is 58.1 Å². The largest absolute Gasteiger partial charge is 0.385 e. The Morgan fingerprint density at radius 1 is 1.16 bits per heavy atom. The Balaban J connectivity index is 0. The summed E-state index contributed by atoms with van der Waals surface area (Å²) in [5, 5.41) is 6.71. The van der Waals surface area contributed by atoms with Crippen LogP contribution in [0.1, 0.15) is 40.5 Å². The Morgan fingerprint density at radius 3 is 2.44 bits per heavy atom. The van der Waals surface area contributed by atoms with E-state index in [2.05, 4.69) is 48.3 Å². The van der Waals surface area contributed by atoms with Gasteiger partial charge < -0.3 is 25.0 Å². The normalized spacial score (nSPS) is 13.0. The zero-order valence-corrected chi connectivity index (χ0v) is 19.5. The maximum absolute atomic E-state index is 5.78. The number of methoxy groups -OCH3 is 1. The van der Waals surface area contributed by atoms with Gasteiger partial charge in [0.15, 0.2) is 5.96 Å². The molecule has 1 atom stereocenters. The van der Waals surface area contributed by atoms with Crippen molar-refractivity contribution in [3.05, 3.63) is 0 Å². The first-order valence-corrected chi connectivity index (χ1v) is 9.36. The standard InChI is InChI=1S/C18H40N4O2.HI/c1-7-19-18(20-11-10-17(16(3)4)24-8-2)21-12-14-22(5)13-9-15-23-6;/h16-17H,7-15H2,1-6H3,(H2,19,20,21);1H. The number of halogens is 1. The van der Waals surface area contributed by atoms with E-state index in [9.17, 15) is 0 Å². The molecule has 0 heterocycles. The fourth-order valence-corrected chi connectivity index (χ4v) is 2.42. The van der Waals surface area contributed by atoms with Crippen molar-refractivity contribution in [1.29, 1.82) is 0 Å². The Bertz CT molecular complexity index is 317. The third kappa shape index (κ3) is 15.8. The summed E-state index contributed by atoms with van der Waals surface area (Å²) in [6.45, 7) is 14.7. The summed E-state index contributed by atoms with van der Waals surface area (Å²) >= 11 is 0. The fourth-order valence-electron chi connectivity index (χ4n) is 2.42. The van der Waals surface area contributed by atoms with Gasteiger partial charge in [0.25, 0.3) is 0 Å². The van der Waals surface area contributed by atoms with Crippen molar-refractivity contribution in [3.8, 4) is 0 Å².